The van der Waals surface area contributed by atoms with Gasteiger partial charge in [-0.1, -0.05) is 25.8 Å². The molecule has 2 heteroatoms. The minimum atomic E-state index is 0.104. The van der Waals surface area contributed by atoms with E-state index >= 15 is 0 Å². The largest absolute Gasteiger partial charge is 0.339 e. The molecule has 1 aliphatic rings. The Labute approximate surface area is 80.6 Å². The molecule has 74 valence electrons. The van der Waals surface area contributed by atoms with Crippen molar-refractivity contribution in [1.29, 1.82) is 0 Å². The van der Waals surface area contributed by atoms with Gasteiger partial charge in [-0.3, -0.25) is 4.79 Å². The molecule has 0 saturated heterocycles. The topological polar surface area (TPSA) is 20.3 Å². The fourth-order valence-corrected chi connectivity index (χ4v) is 1.94. The minimum Gasteiger partial charge on any atom is -0.339 e. The van der Waals surface area contributed by atoms with Crippen LogP contribution in [0.3, 0.4) is 0 Å². The fraction of sp³-hybridized carbons (Fsp3) is 0.727. The summed E-state index contributed by atoms with van der Waals surface area (Å²) in [5, 5.41) is 0. The van der Waals surface area contributed by atoms with Crippen LogP contribution in [0.1, 0.15) is 39.0 Å². The molecule has 0 heterocycles. The first kappa shape index (κ1) is 10.3. The molecule has 2 nitrogen and oxygen atoms in total. The fourth-order valence-electron chi connectivity index (χ4n) is 1.94. The number of likely N-dealkylation sites (N-methyl/N-ethyl adjacent to an activating group) is 1. The molecule has 0 unspecified atom stereocenters. The Balaban J connectivity index is 2.49. The Kier molecular flexibility index (Phi) is 3.52. The Morgan fingerprint density at radius 2 is 1.85 bits per heavy atom. The van der Waals surface area contributed by atoms with Crippen molar-refractivity contribution < 1.29 is 4.79 Å². The van der Waals surface area contributed by atoms with E-state index in [9.17, 15) is 4.79 Å². The van der Waals surface area contributed by atoms with Crippen LogP contribution in [-0.2, 0) is 4.79 Å². The lowest BCUT2D eigenvalue weighted by Crippen LogP contribution is -2.38. The summed E-state index contributed by atoms with van der Waals surface area (Å²) in [5.41, 5.74) is 0.646. The highest BCUT2D eigenvalue weighted by Crippen LogP contribution is 2.22. The third-order valence-corrected chi connectivity index (χ3v) is 2.81. The molecule has 1 amide bonds. The molecule has 0 aliphatic heterocycles. The Bertz CT molecular complexity index is 204. The summed E-state index contributed by atoms with van der Waals surface area (Å²) < 4.78 is 0. The SMILES string of the molecule is C=C(C)C(=O)N(C)C1CCCCC1. The minimum absolute atomic E-state index is 0.104. The van der Waals surface area contributed by atoms with Gasteiger partial charge in [-0.2, -0.15) is 0 Å². The number of carbonyl (C=O) groups excluding carboxylic acids is 1. The van der Waals surface area contributed by atoms with Crippen LogP contribution in [0.15, 0.2) is 12.2 Å². The first-order chi connectivity index (χ1) is 6.13. The Morgan fingerprint density at radius 1 is 1.31 bits per heavy atom. The van der Waals surface area contributed by atoms with Crippen LogP contribution in [-0.4, -0.2) is 23.9 Å². The molecule has 13 heavy (non-hydrogen) atoms. The summed E-state index contributed by atoms with van der Waals surface area (Å²) >= 11 is 0. The highest BCUT2D eigenvalue weighted by Gasteiger charge is 2.21. The van der Waals surface area contributed by atoms with Gasteiger partial charge < -0.3 is 4.90 Å². The molecule has 0 atom stereocenters. The number of hydrogen-bond donors (Lipinski definition) is 0. The molecule has 0 aromatic carbocycles. The molecule has 0 aromatic rings. The van der Waals surface area contributed by atoms with Gasteiger partial charge in [-0.05, 0) is 19.8 Å². The van der Waals surface area contributed by atoms with E-state index in [1.807, 2.05) is 11.9 Å². The molecule has 1 aliphatic carbocycles. The molecule has 0 N–H and O–H groups in total. The normalized spacial score (nSPS) is 18.3. The standard InChI is InChI=1S/C11H19NO/c1-9(2)11(13)12(3)10-7-5-4-6-8-10/h10H,1,4-8H2,2-3H3. The average molecular weight is 181 g/mol. The molecular weight excluding hydrogens is 162 g/mol. The van der Waals surface area contributed by atoms with Gasteiger partial charge in [0, 0.05) is 18.7 Å². The first-order valence-corrected chi connectivity index (χ1v) is 5.05. The van der Waals surface area contributed by atoms with Crippen LogP contribution in [0.25, 0.3) is 0 Å². The Hall–Kier alpha value is -0.790. The number of amides is 1. The second-order valence-corrected chi connectivity index (χ2v) is 3.99. The number of carbonyl (C=O) groups is 1. The van der Waals surface area contributed by atoms with Crippen molar-refractivity contribution in [3.05, 3.63) is 12.2 Å². The maximum atomic E-state index is 11.6. The smallest absolute Gasteiger partial charge is 0.248 e. The molecule has 0 radical (unpaired) electrons. The molecule has 0 spiro atoms. The van der Waals surface area contributed by atoms with Crippen molar-refractivity contribution >= 4 is 5.91 Å². The van der Waals surface area contributed by atoms with Gasteiger partial charge >= 0.3 is 0 Å². The summed E-state index contributed by atoms with van der Waals surface area (Å²) in [7, 11) is 1.90. The predicted molar refractivity (Wildman–Crippen MR) is 54.5 cm³/mol. The van der Waals surface area contributed by atoms with Crippen molar-refractivity contribution in [1.82, 2.24) is 4.90 Å². The average Bonchev–Trinajstić information content (AvgIpc) is 2.17. The molecule has 0 bridgehead atoms. The third-order valence-electron chi connectivity index (χ3n) is 2.81. The number of nitrogens with zero attached hydrogens (tertiary/aromatic N) is 1. The highest BCUT2D eigenvalue weighted by atomic mass is 16.2. The Morgan fingerprint density at radius 3 is 2.31 bits per heavy atom. The van der Waals surface area contributed by atoms with Gasteiger partial charge in [-0.15, -0.1) is 0 Å². The zero-order chi connectivity index (χ0) is 9.84. The quantitative estimate of drug-likeness (QED) is 0.599. The summed E-state index contributed by atoms with van der Waals surface area (Å²) in [6.45, 7) is 5.46. The van der Waals surface area contributed by atoms with Crippen LogP contribution in [0.2, 0.25) is 0 Å². The molecule has 1 saturated carbocycles. The summed E-state index contributed by atoms with van der Waals surface area (Å²) in [6.07, 6.45) is 6.17. The van der Waals surface area contributed by atoms with E-state index in [1.54, 1.807) is 6.92 Å². The second kappa shape index (κ2) is 4.45. The zero-order valence-electron chi connectivity index (χ0n) is 8.68. The van der Waals surface area contributed by atoms with Crippen molar-refractivity contribution in [2.45, 2.75) is 45.1 Å². The molecule has 1 fully saturated rings. The number of rotatable bonds is 2. The lowest BCUT2D eigenvalue weighted by Gasteiger charge is -2.31. The van der Waals surface area contributed by atoms with E-state index in [1.165, 1.54) is 19.3 Å². The molecule has 1 rings (SSSR count). The number of hydrogen-bond acceptors (Lipinski definition) is 1. The van der Waals surface area contributed by atoms with Gasteiger partial charge in [0.25, 0.3) is 0 Å². The van der Waals surface area contributed by atoms with E-state index in [2.05, 4.69) is 6.58 Å². The lowest BCUT2D eigenvalue weighted by molar-refractivity contribution is -0.128. The summed E-state index contributed by atoms with van der Waals surface area (Å²) in [5.74, 6) is 0.104. The molecule has 0 aromatic heterocycles. The predicted octanol–water partition coefficient (Wildman–Crippen LogP) is 2.35. The molecular formula is C11H19NO. The van der Waals surface area contributed by atoms with Gasteiger partial charge in [0.05, 0.1) is 0 Å². The van der Waals surface area contributed by atoms with Crippen molar-refractivity contribution in [2.75, 3.05) is 7.05 Å². The van der Waals surface area contributed by atoms with Gasteiger partial charge in [0.2, 0.25) is 5.91 Å². The summed E-state index contributed by atoms with van der Waals surface area (Å²) in [4.78, 5) is 13.4. The maximum Gasteiger partial charge on any atom is 0.248 e. The van der Waals surface area contributed by atoms with Crippen LogP contribution in [0, 0.1) is 0 Å². The van der Waals surface area contributed by atoms with Crippen LogP contribution in [0.4, 0.5) is 0 Å². The van der Waals surface area contributed by atoms with Crippen molar-refractivity contribution in [3.8, 4) is 0 Å². The van der Waals surface area contributed by atoms with Crippen LogP contribution < -0.4 is 0 Å². The third kappa shape index (κ3) is 2.58. The van der Waals surface area contributed by atoms with Crippen molar-refractivity contribution in [2.24, 2.45) is 0 Å². The highest BCUT2D eigenvalue weighted by molar-refractivity contribution is 5.92. The van der Waals surface area contributed by atoms with E-state index in [4.69, 9.17) is 0 Å². The first-order valence-electron chi connectivity index (χ1n) is 5.05. The monoisotopic (exact) mass is 181 g/mol. The van der Waals surface area contributed by atoms with E-state index in [0.29, 0.717) is 11.6 Å². The van der Waals surface area contributed by atoms with Crippen molar-refractivity contribution in [3.63, 3.8) is 0 Å². The maximum absolute atomic E-state index is 11.6. The van der Waals surface area contributed by atoms with Gasteiger partial charge in [0.1, 0.15) is 0 Å². The second-order valence-electron chi connectivity index (χ2n) is 3.99. The van der Waals surface area contributed by atoms with E-state index in [0.717, 1.165) is 12.8 Å². The van der Waals surface area contributed by atoms with Crippen LogP contribution in [0.5, 0.6) is 0 Å². The lowest BCUT2D eigenvalue weighted by atomic mass is 9.94. The van der Waals surface area contributed by atoms with Gasteiger partial charge in [-0.25, -0.2) is 0 Å². The van der Waals surface area contributed by atoms with E-state index < -0.39 is 0 Å². The van der Waals surface area contributed by atoms with Gasteiger partial charge in [0.15, 0.2) is 0 Å². The van der Waals surface area contributed by atoms with E-state index in [-0.39, 0.29) is 5.91 Å². The zero-order valence-corrected chi connectivity index (χ0v) is 8.68. The summed E-state index contributed by atoms with van der Waals surface area (Å²) in [6, 6.07) is 0.456. The van der Waals surface area contributed by atoms with Crippen LogP contribution >= 0.6 is 0 Å².